The molecule has 35 heavy (non-hydrogen) atoms. The number of anilines is 1. The molecule has 2 atom stereocenters. The van der Waals surface area contributed by atoms with Crippen LogP contribution in [0.3, 0.4) is 0 Å². The highest BCUT2D eigenvalue weighted by molar-refractivity contribution is 5.98. The van der Waals surface area contributed by atoms with Crippen LogP contribution in [0.4, 0.5) is 32.3 Å². The average Bonchev–Trinajstić information content (AvgIpc) is 3.31. The van der Waals surface area contributed by atoms with Crippen LogP contribution in [-0.2, 0) is 10.9 Å². The third-order valence-electron chi connectivity index (χ3n) is 5.19. The zero-order chi connectivity index (χ0) is 25.4. The van der Waals surface area contributed by atoms with Crippen LogP contribution in [0, 0.1) is 5.82 Å². The monoisotopic (exact) mass is 501 g/mol. The minimum Gasteiger partial charge on any atom is -0.352 e. The van der Waals surface area contributed by atoms with Gasteiger partial charge in [0.15, 0.2) is 0 Å². The topological polar surface area (TPSA) is 98.1 Å². The molecule has 1 fully saturated rings. The van der Waals surface area contributed by atoms with Crippen molar-refractivity contribution < 1.29 is 35.9 Å². The Morgan fingerprint density at radius 3 is 2.49 bits per heavy atom. The summed E-state index contributed by atoms with van der Waals surface area (Å²) >= 11 is 0. The summed E-state index contributed by atoms with van der Waals surface area (Å²) in [6.07, 6.45) is -5.80. The second-order valence-corrected chi connectivity index (χ2v) is 7.61. The Labute approximate surface area is 193 Å². The molecule has 9 nitrogen and oxygen atoms in total. The summed E-state index contributed by atoms with van der Waals surface area (Å²) in [5.74, 6) is -1.96. The number of hydrogen-bond acceptors (Lipinski definition) is 7. The standard InChI is InChI=1S/C20H17F6N7O2/c1-11-16(9-29-18-27-7-12(8-28-18)20(24,25)26)32(10-19(22,23)35-11)17(34)14-6-13(21)2-3-15(14)33-30-4-5-31-33/h2-8,11,16H,9-10H2,1H3,(H,27,28,29)/t11-,16+/m0/s1. The number of carbonyl (C=O) groups excluding carboxylic acids is 1. The molecule has 0 saturated carbocycles. The van der Waals surface area contributed by atoms with E-state index in [1.807, 2.05) is 0 Å². The number of nitrogens with zero attached hydrogens (tertiary/aromatic N) is 6. The molecule has 1 saturated heterocycles. The number of morpholine rings is 1. The molecule has 0 unspecified atom stereocenters. The number of nitrogens with one attached hydrogen (secondary N) is 1. The lowest BCUT2D eigenvalue weighted by Crippen LogP contribution is -2.61. The lowest BCUT2D eigenvalue weighted by molar-refractivity contribution is -0.298. The first-order valence-corrected chi connectivity index (χ1v) is 10.1. The molecule has 1 N–H and O–H groups in total. The van der Waals surface area contributed by atoms with Gasteiger partial charge in [-0.3, -0.25) is 4.79 Å². The Hall–Kier alpha value is -3.75. The molecular formula is C20H17F6N7O2. The molecule has 0 aliphatic carbocycles. The number of halogens is 6. The maximum atomic E-state index is 14.3. The molecule has 4 rings (SSSR count). The average molecular weight is 501 g/mol. The summed E-state index contributed by atoms with van der Waals surface area (Å²) in [4.78, 5) is 22.4. The van der Waals surface area contributed by atoms with Crippen molar-refractivity contribution in [1.82, 2.24) is 29.9 Å². The van der Waals surface area contributed by atoms with Crippen molar-refractivity contribution in [3.05, 3.63) is 59.9 Å². The predicted molar refractivity (Wildman–Crippen MR) is 107 cm³/mol. The highest BCUT2D eigenvalue weighted by Crippen LogP contribution is 2.31. The SMILES string of the molecule is C[C@@H]1OC(F)(F)CN(C(=O)c2cc(F)ccc2-n2nccn2)[C@@H]1CNc1ncc(C(F)(F)F)cn1. The number of ether oxygens (including phenoxy) is 1. The third-order valence-corrected chi connectivity index (χ3v) is 5.19. The highest BCUT2D eigenvalue weighted by Gasteiger charge is 2.47. The van der Waals surface area contributed by atoms with Gasteiger partial charge < -0.3 is 15.0 Å². The predicted octanol–water partition coefficient (Wildman–Crippen LogP) is 3.15. The van der Waals surface area contributed by atoms with Gasteiger partial charge in [-0.05, 0) is 25.1 Å². The molecule has 3 aromatic rings. The maximum Gasteiger partial charge on any atom is 0.419 e. The van der Waals surface area contributed by atoms with Gasteiger partial charge in [0, 0.05) is 18.9 Å². The Morgan fingerprint density at radius 1 is 1.20 bits per heavy atom. The fourth-order valence-corrected chi connectivity index (χ4v) is 3.57. The molecule has 1 aliphatic heterocycles. The summed E-state index contributed by atoms with van der Waals surface area (Å²) < 4.78 is 85.4. The minimum absolute atomic E-state index is 0.0571. The summed E-state index contributed by atoms with van der Waals surface area (Å²) in [6, 6.07) is 2.12. The van der Waals surface area contributed by atoms with Crippen LogP contribution in [0.1, 0.15) is 22.8 Å². The summed E-state index contributed by atoms with van der Waals surface area (Å²) in [5, 5.41) is 10.4. The van der Waals surface area contributed by atoms with Crippen molar-refractivity contribution in [2.24, 2.45) is 0 Å². The fraction of sp³-hybridized carbons (Fsp3) is 0.350. The fourth-order valence-electron chi connectivity index (χ4n) is 3.57. The van der Waals surface area contributed by atoms with Gasteiger partial charge in [0.1, 0.15) is 12.4 Å². The van der Waals surface area contributed by atoms with Crippen molar-refractivity contribution in [3.8, 4) is 5.69 Å². The Balaban J connectivity index is 1.61. The van der Waals surface area contributed by atoms with Gasteiger partial charge in [0.05, 0.1) is 41.4 Å². The van der Waals surface area contributed by atoms with Gasteiger partial charge in [0.25, 0.3) is 5.91 Å². The molecule has 2 aromatic heterocycles. The van der Waals surface area contributed by atoms with Gasteiger partial charge >= 0.3 is 12.3 Å². The normalized spacial score (nSPS) is 20.0. The quantitative estimate of drug-likeness (QED) is 0.537. The molecule has 1 amide bonds. The second kappa shape index (κ2) is 9.13. The largest absolute Gasteiger partial charge is 0.419 e. The van der Waals surface area contributed by atoms with E-state index in [1.54, 1.807) is 0 Å². The van der Waals surface area contributed by atoms with Crippen LogP contribution < -0.4 is 5.32 Å². The molecule has 3 heterocycles. The summed E-state index contributed by atoms with van der Waals surface area (Å²) in [5.41, 5.74) is -1.29. The lowest BCUT2D eigenvalue weighted by atomic mass is 10.0. The van der Waals surface area contributed by atoms with Gasteiger partial charge in [-0.1, -0.05) is 0 Å². The van der Waals surface area contributed by atoms with Crippen LogP contribution in [-0.4, -0.2) is 67.1 Å². The highest BCUT2D eigenvalue weighted by atomic mass is 19.4. The maximum absolute atomic E-state index is 14.3. The van der Waals surface area contributed by atoms with Crippen LogP contribution in [0.5, 0.6) is 0 Å². The number of aromatic nitrogens is 5. The summed E-state index contributed by atoms with van der Waals surface area (Å²) in [6.45, 7) is -0.104. The van der Waals surface area contributed by atoms with Gasteiger partial charge in [-0.2, -0.15) is 36.9 Å². The van der Waals surface area contributed by atoms with Gasteiger partial charge in [-0.25, -0.2) is 14.4 Å². The van der Waals surface area contributed by atoms with E-state index >= 15 is 0 Å². The smallest absolute Gasteiger partial charge is 0.352 e. The second-order valence-electron chi connectivity index (χ2n) is 7.61. The number of benzene rings is 1. The Kier molecular flexibility index (Phi) is 6.36. The van der Waals surface area contributed by atoms with Crippen molar-refractivity contribution in [3.63, 3.8) is 0 Å². The van der Waals surface area contributed by atoms with E-state index < -0.39 is 48.3 Å². The lowest BCUT2D eigenvalue weighted by Gasteiger charge is -2.43. The van der Waals surface area contributed by atoms with Gasteiger partial charge in [-0.15, -0.1) is 0 Å². The van der Waals surface area contributed by atoms with E-state index in [0.29, 0.717) is 12.4 Å². The van der Waals surface area contributed by atoms with Gasteiger partial charge in [0.2, 0.25) is 5.95 Å². The first-order chi connectivity index (χ1) is 16.4. The zero-order valence-electron chi connectivity index (χ0n) is 17.9. The molecule has 186 valence electrons. The molecular weight excluding hydrogens is 484 g/mol. The molecule has 0 spiro atoms. The zero-order valence-corrected chi connectivity index (χ0v) is 17.9. The van der Waals surface area contributed by atoms with Crippen LogP contribution in [0.15, 0.2) is 43.0 Å². The number of rotatable bonds is 5. The first-order valence-electron chi connectivity index (χ1n) is 10.1. The molecule has 1 aromatic carbocycles. The van der Waals surface area contributed by atoms with E-state index in [2.05, 4.69) is 25.5 Å². The van der Waals surface area contributed by atoms with Crippen molar-refractivity contribution in [2.75, 3.05) is 18.4 Å². The van der Waals surface area contributed by atoms with Crippen molar-refractivity contribution >= 4 is 11.9 Å². The Bertz CT molecular complexity index is 1190. The molecule has 0 bridgehead atoms. The minimum atomic E-state index is -4.63. The molecule has 15 heteroatoms. The number of hydrogen-bond donors (Lipinski definition) is 1. The number of alkyl halides is 5. The van der Waals surface area contributed by atoms with E-state index in [9.17, 15) is 31.1 Å². The number of carbonyl (C=O) groups is 1. The Morgan fingerprint density at radius 2 is 1.86 bits per heavy atom. The van der Waals surface area contributed by atoms with Crippen molar-refractivity contribution in [1.29, 1.82) is 0 Å². The van der Waals surface area contributed by atoms with E-state index in [1.165, 1.54) is 25.4 Å². The first kappa shape index (κ1) is 24.4. The van der Waals surface area contributed by atoms with Crippen molar-refractivity contribution in [2.45, 2.75) is 31.4 Å². The van der Waals surface area contributed by atoms with Crippen LogP contribution in [0.2, 0.25) is 0 Å². The number of amides is 1. The van der Waals surface area contributed by atoms with Crippen LogP contribution in [0.25, 0.3) is 5.69 Å². The van der Waals surface area contributed by atoms with E-state index in [-0.39, 0.29) is 23.7 Å². The molecule has 1 aliphatic rings. The third kappa shape index (κ3) is 5.34. The van der Waals surface area contributed by atoms with Crippen LogP contribution >= 0.6 is 0 Å². The summed E-state index contributed by atoms with van der Waals surface area (Å²) in [7, 11) is 0. The van der Waals surface area contributed by atoms with E-state index in [4.69, 9.17) is 4.74 Å². The van der Waals surface area contributed by atoms with E-state index in [0.717, 1.165) is 21.8 Å². The molecule has 0 radical (unpaired) electrons.